The fourth-order valence-corrected chi connectivity index (χ4v) is 2.57. The van der Waals surface area contributed by atoms with Crippen molar-refractivity contribution in [3.8, 4) is 11.8 Å². The summed E-state index contributed by atoms with van der Waals surface area (Å²) in [5.74, 6) is 0.373. The van der Waals surface area contributed by atoms with Crippen molar-refractivity contribution < 1.29 is 9.53 Å². The smallest absolute Gasteiger partial charge is 0.257 e. The summed E-state index contributed by atoms with van der Waals surface area (Å²) in [5, 5.41) is 12.3. The summed E-state index contributed by atoms with van der Waals surface area (Å²) in [4.78, 5) is 17.1. The number of carbonyl (C=O) groups is 1. The molecule has 0 radical (unpaired) electrons. The number of nitrogens with zero attached hydrogens (tertiary/aromatic N) is 2. The molecule has 0 aliphatic rings. The van der Waals surface area contributed by atoms with Gasteiger partial charge in [-0.3, -0.25) is 9.78 Å². The Kier molecular flexibility index (Phi) is 4.62. The molecule has 0 saturated heterocycles. The number of rotatable bonds is 4. The summed E-state index contributed by atoms with van der Waals surface area (Å²) in [6, 6.07) is 16.6. The molecular weight excluding hydrogens is 314 g/mol. The molecule has 0 atom stereocenters. The zero-order chi connectivity index (χ0) is 17.8. The Hall–Kier alpha value is -3.39. The van der Waals surface area contributed by atoms with Crippen LogP contribution in [0.5, 0.6) is 5.75 Å². The first kappa shape index (κ1) is 16.5. The van der Waals surface area contributed by atoms with Gasteiger partial charge in [-0.2, -0.15) is 5.26 Å². The van der Waals surface area contributed by atoms with E-state index in [0.29, 0.717) is 22.7 Å². The molecule has 3 aromatic rings. The van der Waals surface area contributed by atoms with Crippen molar-refractivity contribution in [2.45, 2.75) is 13.8 Å². The molecule has 0 saturated carbocycles. The molecule has 25 heavy (non-hydrogen) atoms. The largest absolute Gasteiger partial charge is 0.479 e. The molecule has 3 rings (SSSR count). The topological polar surface area (TPSA) is 75.0 Å². The second-order valence-corrected chi connectivity index (χ2v) is 5.74. The maximum atomic E-state index is 12.6. The van der Waals surface area contributed by atoms with E-state index in [2.05, 4.69) is 10.3 Å². The van der Waals surface area contributed by atoms with Crippen molar-refractivity contribution in [2.75, 3.05) is 11.9 Å². The van der Waals surface area contributed by atoms with Crippen LogP contribution in [0.1, 0.15) is 21.6 Å². The predicted octanol–water partition coefficient (Wildman–Crippen LogP) is 4.01. The summed E-state index contributed by atoms with van der Waals surface area (Å²) < 4.78 is 5.19. The minimum absolute atomic E-state index is 0.00687. The van der Waals surface area contributed by atoms with Crippen LogP contribution in [0.2, 0.25) is 0 Å². The number of hydrogen-bond donors (Lipinski definition) is 1. The normalized spacial score (nSPS) is 10.3. The van der Waals surface area contributed by atoms with Crippen LogP contribution in [0.4, 0.5) is 5.69 Å². The second-order valence-electron chi connectivity index (χ2n) is 5.74. The van der Waals surface area contributed by atoms with Gasteiger partial charge in [0.1, 0.15) is 11.8 Å². The molecule has 0 bridgehead atoms. The SMILES string of the molecule is Cc1ccc2nc(C)c(C(=O)Nc3ccc(OCC#N)cc3)cc2c1. The zero-order valence-electron chi connectivity index (χ0n) is 14.0. The first-order chi connectivity index (χ1) is 12.1. The quantitative estimate of drug-likeness (QED) is 0.784. The van der Waals surface area contributed by atoms with Gasteiger partial charge < -0.3 is 10.1 Å². The Bertz CT molecular complexity index is 973. The molecule has 0 aliphatic heterocycles. The Morgan fingerprint density at radius 2 is 1.92 bits per heavy atom. The van der Waals surface area contributed by atoms with Crippen molar-refractivity contribution in [1.82, 2.24) is 4.98 Å². The Morgan fingerprint density at radius 1 is 1.16 bits per heavy atom. The molecule has 1 heterocycles. The summed E-state index contributed by atoms with van der Waals surface area (Å²) >= 11 is 0. The van der Waals surface area contributed by atoms with E-state index in [-0.39, 0.29) is 12.5 Å². The number of nitriles is 1. The second kappa shape index (κ2) is 7.02. The number of carbonyl (C=O) groups excluding carboxylic acids is 1. The Morgan fingerprint density at radius 3 is 2.64 bits per heavy atom. The molecule has 1 amide bonds. The van der Waals surface area contributed by atoms with Gasteiger partial charge in [-0.05, 0) is 56.3 Å². The molecule has 0 spiro atoms. The number of hydrogen-bond acceptors (Lipinski definition) is 4. The number of fused-ring (bicyclic) bond motifs is 1. The average Bonchev–Trinajstić information content (AvgIpc) is 2.61. The lowest BCUT2D eigenvalue weighted by Gasteiger charge is -2.10. The third-order valence-corrected chi connectivity index (χ3v) is 3.82. The van der Waals surface area contributed by atoms with Gasteiger partial charge in [0.05, 0.1) is 16.8 Å². The van der Waals surface area contributed by atoms with E-state index in [1.807, 2.05) is 44.2 Å². The van der Waals surface area contributed by atoms with Crippen molar-refractivity contribution in [2.24, 2.45) is 0 Å². The standard InChI is InChI=1S/C20H17N3O2/c1-13-3-8-19-15(11-13)12-18(14(2)22-19)20(24)23-16-4-6-17(7-5-16)25-10-9-21/h3-8,11-12H,10H2,1-2H3,(H,23,24). The van der Waals surface area contributed by atoms with E-state index in [0.717, 1.165) is 16.5 Å². The number of ether oxygens (including phenoxy) is 1. The third kappa shape index (κ3) is 3.75. The van der Waals surface area contributed by atoms with Crippen molar-refractivity contribution in [3.05, 3.63) is 65.4 Å². The third-order valence-electron chi connectivity index (χ3n) is 3.82. The van der Waals surface area contributed by atoms with Crippen LogP contribution in [-0.2, 0) is 0 Å². The van der Waals surface area contributed by atoms with Gasteiger partial charge in [0.15, 0.2) is 6.61 Å². The highest BCUT2D eigenvalue weighted by molar-refractivity contribution is 6.06. The van der Waals surface area contributed by atoms with E-state index < -0.39 is 0 Å². The zero-order valence-corrected chi connectivity index (χ0v) is 14.0. The first-order valence-electron chi connectivity index (χ1n) is 7.86. The maximum absolute atomic E-state index is 12.6. The fourth-order valence-electron chi connectivity index (χ4n) is 2.57. The minimum Gasteiger partial charge on any atom is -0.479 e. The number of anilines is 1. The lowest BCUT2D eigenvalue weighted by atomic mass is 10.1. The van der Waals surface area contributed by atoms with Crippen LogP contribution in [0, 0.1) is 25.2 Å². The van der Waals surface area contributed by atoms with Gasteiger partial charge in [0, 0.05) is 11.1 Å². The number of aryl methyl sites for hydroxylation is 2. The van der Waals surface area contributed by atoms with Crippen LogP contribution >= 0.6 is 0 Å². The number of pyridine rings is 1. The molecule has 5 nitrogen and oxygen atoms in total. The lowest BCUT2D eigenvalue weighted by Crippen LogP contribution is -2.14. The summed E-state index contributed by atoms with van der Waals surface area (Å²) in [6.45, 7) is 3.83. The average molecular weight is 331 g/mol. The molecule has 124 valence electrons. The van der Waals surface area contributed by atoms with E-state index in [1.165, 1.54) is 0 Å². The van der Waals surface area contributed by atoms with Gasteiger partial charge in [-0.25, -0.2) is 0 Å². The summed E-state index contributed by atoms with van der Waals surface area (Å²) in [6.07, 6.45) is 0. The van der Waals surface area contributed by atoms with Gasteiger partial charge >= 0.3 is 0 Å². The minimum atomic E-state index is -0.209. The van der Waals surface area contributed by atoms with E-state index in [1.54, 1.807) is 24.3 Å². The summed E-state index contributed by atoms with van der Waals surface area (Å²) in [5.41, 5.74) is 3.87. The van der Waals surface area contributed by atoms with Crippen molar-refractivity contribution in [3.63, 3.8) is 0 Å². The van der Waals surface area contributed by atoms with Crippen LogP contribution < -0.4 is 10.1 Å². The molecule has 2 aromatic carbocycles. The highest BCUT2D eigenvalue weighted by Crippen LogP contribution is 2.20. The molecule has 1 N–H and O–H groups in total. The van der Waals surface area contributed by atoms with Crippen LogP contribution in [0.15, 0.2) is 48.5 Å². The molecule has 0 aliphatic carbocycles. The van der Waals surface area contributed by atoms with Gasteiger partial charge in [0.25, 0.3) is 5.91 Å². The van der Waals surface area contributed by atoms with E-state index >= 15 is 0 Å². The number of amides is 1. The molecular formula is C20H17N3O2. The van der Waals surface area contributed by atoms with E-state index in [4.69, 9.17) is 10.00 Å². The number of nitrogens with one attached hydrogen (secondary N) is 1. The highest BCUT2D eigenvalue weighted by Gasteiger charge is 2.12. The Balaban J connectivity index is 1.82. The molecule has 0 fully saturated rings. The number of benzene rings is 2. The first-order valence-corrected chi connectivity index (χ1v) is 7.86. The van der Waals surface area contributed by atoms with Gasteiger partial charge in [-0.15, -0.1) is 0 Å². The maximum Gasteiger partial charge on any atom is 0.257 e. The molecule has 0 unspecified atom stereocenters. The summed E-state index contributed by atoms with van der Waals surface area (Å²) in [7, 11) is 0. The van der Waals surface area contributed by atoms with Crippen molar-refractivity contribution >= 4 is 22.5 Å². The van der Waals surface area contributed by atoms with Crippen molar-refractivity contribution in [1.29, 1.82) is 5.26 Å². The molecule has 5 heteroatoms. The van der Waals surface area contributed by atoms with Crippen LogP contribution in [0.25, 0.3) is 10.9 Å². The van der Waals surface area contributed by atoms with E-state index in [9.17, 15) is 4.79 Å². The molecule has 1 aromatic heterocycles. The van der Waals surface area contributed by atoms with Gasteiger partial charge in [0.2, 0.25) is 0 Å². The fraction of sp³-hybridized carbons (Fsp3) is 0.150. The lowest BCUT2D eigenvalue weighted by molar-refractivity contribution is 0.102. The van der Waals surface area contributed by atoms with Crippen LogP contribution in [-0.4, -0.2) is 17.5 Å². The predicted molar refractivity (Wildman–Crippen MR) is 96.7 cm³/mol. The van der Waals surface area contributed by atoms with Crippen LogP contribution in [0.3, 0.4) is 0 Å². The van der Waals surface area contributed by atoms with Gasteiger partial charge in [-0.1, -0.05) is 11.6 Å². The Labute approximate surface area is 145 Å². The monoisotopic (exact) mass is 331 g/mol. The number of aromatic nitrogens is 1. The highest BCUT2D eigenvalue weighted by atomic mass is 16.5.